The van der Waals surface area contributed by atoms with Gasteiger partial charge in [-0.1, -0.05) is 84.5 Å². The molecule has 0 aliphatic rings. The number of halogens is 3. The number of amides is 2. The first-order valence-electron chi connectivity index (χ1n) is 16.1. The van der Waals surface area contributed by atoms with E-state index >= 15 is 0 Å². The Kier molecular flexibility index (Phi) is 14.3. The van der Waals surface area contributed by atoms with Gasteiger partial charge in [-0.3, -0.25) is 13.9 Å². The number of carbonyl (C=O) groups is 2. The molecule has 0 unspecified atom stereocenters. The lowest BCUT2D eigenvalue weighted by atomic mass is 10.0. The van der Waals surface area contributed by atoms with E-state index in [4.69, 9.17) is 49.0 Å². The topological polar surface area (TPSA) is 114 Å². The van der Waals surface area contributed by atoms with Crippen molar-refractivity contribution in [3.05, 3.63) is 111 Å². The Morgan fingerprint density at radius 2 is 1.45 bits per heavy atom. The lowest BCUT2D eigenvalue weighted by Gasteiger charge is -2.34. The normalized spacial score (nSPS) is 11.7. The molecule has 0 radical (unpaired) electrons. The number of hydrogen-bond donors (Lipinski definition) is 1. The van der Waals surface area contributed by atoms with Crippen LogP contribution in [0.3, 0.4) is 0 Å². The molecule has 0 aliphatic heterocycles. The van der Waals surface area contributed by atoms with Gasteiger partial charge in [-0.2, -0.15) is 0 Å². The number of nitrogens with zero attached hydrogens (tertiary/aromatic N) is 2. The SMILES string of the molecule is CCCCNC(=O)[C@H](Cc1ccccc1)N(Cc1ccc(Cl)cc1Cl)C(=O)CN(c1cc(Cl)ccc1OC)S(=O)(=O)c1ccc(OC)c(OC)c1. The number of carbonyl (C=O) groups excluding carboxylic acids is 2. The van der Waals surface area contributed by atoms with E-state index in [0.717, 1.165) is 22.7 Å². The van der Waals surface area contributed by atoms with Crippen molar-refractivity contribution >= 4 is 62.3 Å². The molecular formula is C37H40Cl3N3O7S. The minimum Gasteiger partial charge on any atom is -0.495 e. The van der Waals surface area contributed by atoms with Gasteiger partial charge < -0.3 is 24.4 Å². The fraction of sp³-hybridized carbons (Fsp3) is 0.297. The molecule has 1 N–H and O–H groups in total. The van der Waals surface area contributed by atoms with Gasteiger partial charge in [0.15, 0.2) is 11.5 Å². The van der Waals surface area contributed by atoms with Gasteiger partial charge in [0.05, 0.1) is 31.9 Å². The second-order valence-electron chi connectivity index (χ2n) is 11.5. The Bertz CT molecular complexity index is 1930. The summed E-state index contributed by atoms with van der Waals surface area (Å²) in [6.45, 7) is 1.52. The van der Waals surface area contributed by atoms with E-state index in [1.807, 2.05) is 37.3 Å². The zero-order chi connectivity index (χ0) is 37.1. The fourth-order valence-electron chi connectivity index (χ4n) is 5.37. The van der Waals surface area contributed by atoms with E-state index in [1.165, 1.54) is 62.6 Å². The summed E-state index contributed by atoms with van der Waals surface area (Å²) in [5.74, 6) is -0.488. The zero-order valence-corrected chi connectivity index (χ0v) is 31.8. The molecular weight excluding hydrogens is 737 g/mol. The zero-order valence-electron chi connectivity index (χ0n) is 28.7. The lowest BCUT2D eigenvalue weighted by Crippen LogP contribution is -2.53. The maximum atomic E-state index is 14.8. The van der Waals surface area contributed by atoms with Gasteiger partial charge >= 0.3 is 0 Å². The van der Waals surface area contributed by atoms with Crippen molar-refractivity contribution in [3.8, 4) is 17.2 Å². The molecule has 0 aromatic heterocycles. The van der Waals surface area contributed by atoms with Crippen molar-refractivity contribution in [3.63, 3.8) is 0 Å². The van der Waals surface area contributed by atoms with Crippen LogP contribution in [0.4, 0.5) is 5.69 Å². The molecule has 14 heteroatoms. The van der Waals surface area contributed by atoms with Crippen molar-refractivity contribution in [1.82, 2.24) is 10.2 Å². The number of benzene rings is 4. The summed E-state index contributed by atoms with van der Waals surface area (Å²) in [4.78, 5) is 30.0. The summed E-state index contributed by atoms with van der Waals surface area (Å²) in [7, 11) is -0.342. The Balaban J connectivity index is 1.89. The molecule has 0 aliphatic carbocycles. The number of sulfonamides is 1. The summed E-state index contributed by atoms with van der Waals surface area (Å²) in [5.41, 5.74) is 1.30. The van der Waals surface area contributed by atoms with Gasteiger partial charge in [0.2, 0.25) is 11.8 Å². The van der Waals surface area contributed by atoms with E-state index in [9.17, 15) is 18.0 Å². The maximum absolute atomic E-state index is 14.8. The fourth-order valence-corrected chi connectivity index (χ4v) is 7.44. The molecule has 272 valence electrons. The van der Waals surface area contributed by atoms with Gasteiger partial charge in [-0.15, -0.1) is 0 Å². The van der Waals surface area contributed by atoms with Crippen LogP contribution in [0, 0.1) is 0 Å². The molecule has 4 aromatic rings. The molecule has 2 amide bonds. The van der Waals surface area contributed by atoms with Crippen molar-refractivity contribution in [1.29, 1.82) is 0 Å². The highest BCUT2D eigenvalue weighted by Gasteiger charge is 2.36. The van der Waals surface area contributed by atoms with Crippen molar-refractivity contribution in [2.75, 3.05) is 38.7 Å². The smallest absolute Gasteiger partial charge is 0.265 e. The lowest BCUT2D eigenvalue weighted by molar-refractivity contribution is -0.140. The number of anilines is 1. The van der Waals surface area contributed by atoms with Gasteiger partial charge in [-0.05, 0) is 60.0 Å². The largest absolute Gasteiger partial charge is 0.495 e. The number of methoxy groups -OCH3 is 3. The third-order valence-electron chi connectivity index (χ3n) is 8.09. The molecule has 4 rings (SSSR count). The average molecular weight is 777 g/mol. The quantitative estimate of drug-likeness (QED) is 0.111. The Hall–Kier alpha value is -4.16. The van der Waals surface area contributed by atoms with Crippen LogP contribution in [0.1, 0.15) is 30.9 Å². The minimum atomic E-state index is -4.53. The van der Waals surface area contributed by atoms with Crippen LogP contribution in [0.5, 0.6) is 17.2 Å². The highest BCUT2D eigenvalue weighted by Crippen LogP contribution is 2.37. The molecule has 0 saturated carbocycles. The monoisotopic (exact) mass is 775 g/mol. The number of rotatable bonds is 17. The van der Waals surface area contributed by atoms with Crippen molar-refractivity contribution < 1.29 is 32.2 Å². The van der Waals surface area contributed by atoms with Crippen LogP contribution in [-0.4, -0.2) is 65.6 Å². The summed E-state index contributed by atoms with van der Waals surface area (Å²) >= 11 is 19.2. The van der Waals surface area contributed by atoms with Gasteiger partial charge in [-0.25, -0.2) is 8.42 Å². The van der Waals surface area contributed by atoms with Gasteiger partial charge in [0.25, 0.3) is 10.0 Å². The van der Waals surface area contributed by atoms with Crippen LogP contribution in [0.2, 0.25) is 15.1 Å². The van der Waals surface area contributed by atoms with Crippen LogP contribution >= 0.6 is 34.8 Å². The summed E-state index contributed by atoms with van der Waals surface area (Å²) in [6.07, 6.45) is 1.71. The third kappa shape index (κ3) is 10.0. The molecule has 51 heavy (non-hydrogen) atoms. The van der Waals surface area contributed by atoms with Gasteiger partial charge in [0.1, 0.15) is 18.3 Å². The maximum Gasteiger partial charge on any atom is 0.265 e. The molecule has 1 atom stereocenters. The molecule has 0 saturated heterocycles. The summed E-state index contributed by atoms with van der Waals surface area (Å²) in [5, 5.41) is 3.82. The molecule has 0 fully saturated rings. The predicted octanol–water partition coefficient (Wildman–Crippen LogP) is 7.42. The van der Waals surface area contributed by atoms with Crippen molar-refractivity contribution in [2.24, 2.45) is 0 Å². The molecule has 0 heterocycles. The molecule has 4 aromatic carbocycles. The summed E-state index contributed by atoms with van der Waals surface area (Å²) < 4.78 is 46.4. The standard InChI is InChI=1S/C37H40Cl3N3O7S/c1-5-6-18-41-37(45)32(19-25-10-8-7-9-11-25)42(23-26-12-13-27(38)20-30(26)40)36(44)24-43(31-21-28(39)14-16-33(31)48-2)51(46,47)29-15-17-34(49-3)35(22-29)50-4/h7-17,20-22,32H,5-6,18-19,23-24H2,1-4H3,(H,41,45)/t32-/m0/s1. The van der Waals surface area contributed by atoms with E-state index < -0.39 is 34.4 Å². The van der Waals surface area contributed by atoms with E-state index in [1.54, 1.807) is 18.2 Å². The molecule has 0 spiro atoms. The third-order valence-corrected chi connectivity index (χ3v) is 10.7. The van der Waals surface area contributed by atoms with E-state index in [0.29, 0.717) is 22.9 Å². The highest BCUT2D eigenvalue weighted by atomic mass is 35.5. The van der Waals surface area contributed by atoms with Crippen LogP contribution in [0.15, 0.2) is 89.8 Å². The molecule has 0 bridgehead atoms. The average Bonchev–Trinajstić information content (AvgIpc) is 3.12. The van der Waals surface area contributed by atoms with Crippen molar-refractivity contribution in [2.45, 2.75) is 43.7 Å². The number of nitrogens with one attached hydrogen (secondary N) is 1. The van der Waals surface area contributed by atoms with Crippen LogP contribution < -0.4 is 23.8 Å². The van der Waals surface area contributed by atoms with Gasteiger partial charge in [0, 0.05) is 40.6 Å². The minimum absolute atomic E-state index is 0.00427. The van der Waals surface area contributed by atoms with Crippen LogP contribution in [-0.2, 0) is 32.6 Å². The Labute approximate surface area is 314 Å². The first kappa shape index (κ1) is 39.6. The number of unbranched alkanes of at least 4 members (excludes halogenated alkanes) is 1. The predicted molar refractivity (Wildman–Crippen MR) is 201 cm³/mol. The Morgan fingerprint density at radius 3 is 2.10 bits per heavy atom. The highest BCUT2D eigenvalue weighted by molar-refractivity contribution is 7.92. The molecule has 10 nitrogen and oxygen atoms in total. The first-order chi connectivity index (χ1) is 24.4. The summed E-state index contributed by atoms with van der Waals surface area (Å²) in [6, 6.07) is 21.5. The van der Waals surface area contributed by atoms with E-state index in [2.05, 4.69) is 5.32 Å². The Morgan fingerprint density at radius 1 is 0.804 bits per heavy atom. The second-order valence-corrected chi connectivity index (χ2v) is 14.6. The first-order valence-corrected chi connectivity index (χ1v) is 18.6. The second kappa shape index (κ2) is 18.4. The van der Waals surface area contributed by atoms with Crippen LogP contribution in [0.25, 0.3) is 0 Å². The van der Waals surface area contributed by atoms with E-state index in [-0.39, 0.29) is 45.1 Å². The number of ether oxygens (including phenoxy) is 3. The number of hydrogen-bond acceptors (Lipinski definition) is 7.